The van der Waals surface area contributed by atoms with Crippen LogP contribution in [0, 0.1) is 11.8 Å². The van der Waals surface area contributed by atoms with E-state index in [9.17, 15) is 0 Å². The maximum Gasteiger partial charge on any atom is 0.165 e. The summed E-state index contributed by atoms with van der Waals surface area (Å²) in [5, 5.41) is 0.551. The van der Waals surface area contributed by atoms with Gasteiger partial charge in [-0.15, -0.1) is 0 Å². The van der Waals surface area contributed by atoms with Crippen molar-refractivity contribution in [2.45, 2.75) is 26.2 Å². The Morgan fingerprint density at radius 3 is 2.86 bits per heavy atom. The van der Waals surface area contributed by atoms with Crippen molar-refractivity contribution in [3.05, 3.63) is 22.2 Å². The molecule has 1 heterocycles. The molecule has 0 saturated heterocycles. The second-order valence-electron chi connectivity index (χ2n) is 2.74. The molecule has 1 aromatic heterocycles. The summed E-state index contributed by atoms with van der Waals surface area (Å²) >= 11 is 11.4. The third-order valence-electron chi connectivity index (χ3n) is 1.56. The summed E-state index contributed by atoms with van der Waals surface area (Å²) in [5.74, 6) is 5.84. The van der Waals surface area contributed by atoms with Crippen molar-refractivity contribution < 1.29 is 0 Å². The zero-order valence-electron chi connectivity index (χ0n) is 7.85. The Bertz CT molecular complexity index is 366. The van der Waals surface area contributed by atoms with Gasteiger partial charge in [0.05, 0.1) is 6.20 Å². The van der Waals surface area contributed by atoms with Crippen LogP contribution in [0.2, 0.25) is 10.3 Å². The molecule has 0 N–H and O–H groups in total. The molecule has 14 heavy (non-hydrogen) atoms. The summed E-state index contributed by atoms with van der Waals surface area (Å²) in [4.78, 5) is 7.81. The molecular weight excluding hydrogens is 219 g/mol. The van der Waals surface area contributed by atoms with Crippen molar-refractivity contribution in [3.8, 4) is 11.8 Å². The molecule has 4 heteroatoms. The minimum absolute atomic E-state index is 0.265. The Morgan fingerprint density at radius 1 is 1.43 bits per heavy atom. The molecule has 0 aliphatic carbocycles. The van der Waals surface area contributed by atoms with Gasteiger partial charge in [-0.25, -0.2) is 9.97 Å². The van der Waals surface area contributed by atoms with Crippen molar-refractivity contribution in [2.75, 3.05) is 0 Å². The highest BCUT2D eigenvalue weighted by atomic mass is 35.5. The number of unbranched alkanes of at least 4 members (excludes halogenated alkanes) is 2. The minimum atomic E-state index is 0.265. The van der Waals surface area contributed by atoms with Crippen molar-refractivity contribution in [1.29, 1.82) is 0 Å². The number of halogens is 2. The molecule has 0 radical (unpaired) electrons. The largest absolute Gasteiger partial charge is 0.241 e. The fourth-order valence-electron chi connectivity index (χ4n) is 0.842. The molecule has 0 aromatic carbocycles. The molecule has 0 amide bonds. The van der Waals surface area contributed by atoms with Crippen molar-refractivity contribution >= 4 is 23.2 Å². The predicted octanol–water partition coefficient (Wildman–Crippen LogP) is 3.33. The molecular formula is C10H10Cl2N2. The smallest absolute Gasteiger partial charge is 0.165 e. The van der Waals surface area contributed by atoms with Crippen molar-refractivity contribution in [3.63, 3.8) is 0 Å². The number of aromatic nitrogens is 2. The molecule has 0 atom stereocenters. The molecule has 2 nitrogen and oxygen atoms in total. The van der Waals surface area contributed by atoms with Crippen LogP contribution in [0.3, 0.4) is 0 Å². The molecule has 0 aliphatic heterocycles. The van der Waals surface area contributed by atoms with Gasteiger partial charge in [0.2, 0.25) is 0 Å². The van der Waals surface area contributed by atoms with Crippen molar-refractivity contribution in [1.82, 2.24) is 9.97 Å². The summed E-state index contributed by atoms with van der Waals surface area (Å²) in [7, 11) is 0. The molecule has 1 aromatic rings. The van der Waals surface area contributed by atoms with Gasteiger partial charge in [-0.05, 0) is 12.3 Å². The van der Waals surface area contributed by atoms with Crippen LogP contribution in [0.5, 0.6) is 0 Å². The number of hydrogen-bond acceptors (Lipinski definition) is 2. The Kier molecular flexibility index (Phi) is 4.72. The molecule has 0 spiro atoms. The van der Waals surface area contributed by atoms with E-state index in [0.717, 1.165) is 19.3 Å². The third-order valence-corrected chi connectivity index (χ3v) is 2.01. The first-order valence-electron chi connectivity index (χ1n) is 4.41. The highest BCUT2D eigenvalue weighted by Crippen LogP contribution is 2.12. The summed E-state index contributed by atoms with van der Waals surface area (Å²) in [6.45, 7) is 2.12. The lowest BCUT2D eigenvalue weighted by Crippen LogP contribution is -1.87. The fraction of sp³-hybridized carbons (Fsp3) is 0.400. The van der Waals surface area contributed by atoms with Crippen LogP contribution in [-0.4, -0.2) is 9.97 Å². The van der Waals surface area contributed by atoms with Gasteiger partial charge in [0.25, 0.3) is 0 Å². The predicted molar refractivity (Wildman–Crippen MR) is 58.5 cm³/mol. The van der Waals surface area contributed by atoms with Gasteiger partial charge in [-0.1, -0.05) is 42.5 Å². The van der Waals surface area contributed by atoms with Gasteiger partial charge in [0, 0.05) is 6.42 Å². The average molecular weight is 229 g/mol. The molecule has 0 unspecified atom stereocenters. The summed E-state index contributed by atoms with van der Waals surface area (Å²) in [5.41, 5.74) is 0.493. The van der Waals surface area contributed by atoms with Crippen LogP contribution in [-0.2, 0) is 0 Å². The van der Waals surface area contributed by atoms with E-state index in [1.807, 2.05) is 0 Å². The molecule has 1 rings (SSSR count). The lowest BCUT2D eigenvalue weighted by atomic mass is 10.2. The second kappa shape index (κ2) is 5.85. The number of hydrogen-bond donors (Lipinski definition) is 0. The number of rotatable bonds is 2. The zero-order chi connectivity index (χ0) is 10.4. The van der Waals surface area contributed by atoms with Gasteiger partial charge >= 0.3 is 0 Å². The van der Waals surface area contributed by atoms with E-state index in [2.05, 4.69) is 28.7 Å². The quantitative estimate of drug-likeness (QED) is 0.574. The van der Waals surface area contributed by atoms with Gasteiger partial charge in [-0.2, -0.15) is 0 Å². The zero-order valence-corrected chi connectivity index (χ0v) is 9.36. The standard InChI is InChI=1S/C10H10Cl2N2/c1-2-3-4-5-6-8-10(12)14-9(11)7-13-8/h7H,2-4H2,1H3. The Balaban J connectivity index is 2.70. The molecule has 0 fully saturated rings. The van der Waals surface area contributed by atoms with E-state index in [1.54, 1.807) is 0 Å². The monoisotopic (exact) mass is 228 g/mol. The van der Waals surface area contributed by atoms with Gasteiger partial charge in [0.1, 0.15) is 5.15 Å². The van der Waals surface area contributed by atoms with Gasteiger partial charge < -0.3 is 0 Å². The SMILES string of the molecule is CCCCC#Cc1ncc(Cl)nc1Cl. The van der Waals surface area contributed by atoms with E-state index in [1.165, 1.54) is 6.20 Å². The van der Waals surface area contributed by atoms with Crippen LogP contribution in [0.1, 0.15) is 31.9 Å². The Morgan fingerprint density at radius 2 is 2.21 bits per heavy atom. The third kappa shape index (κ3) is 3.53. The summed E-state index contributed by atoms with van der Waals surface area (Å²) < 4.78 is 0. The molecule has 0 saturated carbocycles. The van der Waals surface area contributed by atoms with Crippen LogP contribution in [0.15, 0.2) is 6.20 Å². The maximum atomic E-state index is 5.78. The Hall–Kier alpha value is -0.780. The van der Waals surface area contributed by atoms with Crippen LogP contribution >= 0.6 is 23.2 Å². The minimum Gasteiger partial charge on any atom is -0.241 e. The van der Waals surface area contributed by atoms with Crippen LogP contribution < -0.4 is 0 Å². The first-order chi connectivity index (χ1) is 6.74. The normalized spacial score (nSPS) is 9.36. The Labute approximate surface area is 93.7 Å². The van der Waals surface area contributed by atoms with Gasteiger partial charge in [-0.3, -0.25) is 0 Å². The van der Waals surface area contributed by atoms with Crippen LogP contribution in [0.25, 0.3) is 0 Å². The molecule has 0 bridgehead atoms. The van der Waals surface area contributed by atoms with Crippen LogP contribution in [0.4, 0.5) is 0 Å². The van der Waals surface area contributed by atoms with E-state index in [-0.39, 0.29) is 10.3 Å². The molecule has 0 aliphatic rings. The first-order valence-corrected chi connectivity index (χ1v) is 5.16. The number of nitrogens with zero attached hydrogens (tertiary/aromatic N) is 2. The first kappa shape index (κ1) is 11.3. The fourth-order valence-corrected chi connectivity index (χ4v) is 1.21. The van der Waals surface area contributed by atoms with E-state index in [0.29, 0.717) is 5.69 Å². The topological polar surface area (TPSA) is 25.8 Å². The van der Waals surface area contributed by atoms with E-state index < -0.39 is 0 Å². The lowest BCUT2D eigenvalue weighted by molar-refractivity contribution is 0.828. The molecule has 74 valence electrons. The average Bonchev–Trinajstić information content (AvgIpc) is 2.15. The lowest BCUT2D eigenvalue weighted by Gasteiger charge is -1.93. The highest BCUT2D eigenvalue weighted by molar-refractivity contribution is 6.32. The summed E-state index contributed by atoms with van der Waals surface area (Å²) in [6.07, 6.45) is 4.52. The highest BCUT2D eigenvalue weighted by Gasteiger charge is 2.00. The second-order valence-corrected chi connectivity index (χ2v) is 3.48. The van der Waals surface area contributed by atoms with E-state index >= 15 is 0 Å². The van der Waals surface area contributed by atoms with Gasteiger partial charge in [0.15, 0.2) is 10.8 Å². The summed E-state index contributed by atoms with van der Waals surface area (Å²) in [6, 6.07) is 0. The van der Waals surface area contributed by atoms with Crippen molar-refractivity contribution in [2.24, 2.45) is 0 Å². The van der Waals surface area contributed by atoms with E-state index in [4.69, 9.17) is 23.2 Å². The maximum absolute atomic E-state index is 5.78.